The molecule has 0 saturated heterocycles. The van der Waals surface area contributed by atoms with E-state index in [2.05, 4.69) is 37.3 Å². The number of allylic oxidation sites excluding steroid dienone is 4. The molecular weight excluding hydrogens is 222 g/mol. The lowest BCUT2D eigenvalue weighted by Gasteiger charge is -2.06. The lowest BCUT2D eigenvalue weighted by molar-refractivity contribution is 0.201. The van der Waals surface area contributed by atoms with Gasteiger partial charge in [-0.25, -0.2) is 0 Å². The molecular formula is C16H19NO. The van der Waals surface area contributed by atoms with E-state index in [0.29, 0.717) is 6.61 Å². The molecule has 0 N–H and O–H groups in total. The number of rotatable bonds is 5. The molecule has 0 unspecified atom stereocenters. The fraction of sp³-hybridized carbons (Fsp3) is 0.312. The third-order valence-corrected chi connectivity index (χ3v) is 2.63. The van der Waals surface area contributed by atoms with Crippen LogP contribution in [0.25, 0.3) is 0 Å². The fourth-order valence-electron chi connectivity index (χ4n) is 1.38. The van der Waals surface area contributed by atoms with Crippen molar-refractivity contribution in [1.29, 1.82) is 5.26 Å². The van der Waals surface area contributed by atoms with Gasteiger partial charge in [0, 0.05) is 5.57 Å². The summed E-state index contributed by atoms with van der Waals surface area (Å²) in [5.41, 5.74) is 3.15. The van der Waals surface area contributed by atoms with Crippen LogP contribution in [0.4, 0.5) is 0 Å². The predicted octanol–water partition coefficient (Wildman–Crippen LogP) is 4.28. The molecule has 0 fully saturated rings. The van der Waals surface area contributed by atoms with Gasteiger partial charge in [-0.15, -0.1) is 0 Å². The summed E-state index contributed by atoms with van der Waals surface area (Å²) in [6.07, 6.45) is 4.40. The first-order valence-corrected chi connectivity index (χ1v) is 6.11. The molecule has 0 aromatic heterocycles. The molecule has 2 heteroatoms. The van der Waals surface area contributed by atoms with Crippen LogP contribution >= 0.6 is 0 Å². The summed E-state index contributed by atoms with van der Waals surface area (Å²) in [7, 11) is 0. The van der Waals surface area contributed by atoms with E-state index in [1.165, 1.54) is 5.56 Å². The minimum Gasteiger partial charge on any atom is -0.494 e. The molecule has 1 rings (SSSR count). The van der Waals surface area contributed by atoms with Crippen LogP contribution in [0, 0.1) is 18.3 Å². The summed E-state index contributed by atoms with van der Waals surface area (Å²) in [6.45, 7) is 6.49. The minimum absolute atomic E-state index is 0.560. The van der Waals surface area contributed by atoms with Gasteiger partial charge in [0.25, 0.3) is 0 Å². The molecule has 0 heterocycles. The molecule has 0 spiro atoms. The molecule has 0 atom stereocenters. The molecule has 2 nitrogen and oxygen atoms in total. The van der Waals surface area contributed by atoms with Gasteiger partial charge in [0.1, 0.15) is 6.61 Å². The summed E-state index contributed by atoms with van der Waals surface area (Å²) in [5, 5.41) is 8.78. The SMILES string of the molecule is CC/C(C#N)=C\C=C(/C)OCc1ccc(C)cc1. The highest BCUT2D eigenvalue weighted by Crippen LogP contribution is 2.08. The number of aryl methyl sites for hydroxylation is 1. The largest absolute Gasteiger partial charge is 0.494 e. The lowest BCUT2D eigenvalue weighted by atomic mass is 10.2. The normalized spacial score (nSPS) is 12.1. The molecule has 0 aliphatic rings. The van der Waals surface area contributed by atoms with Crippen molar-refractivity contribution in [3.63, 3.8) is 0 Å². The van der Waals surface area contributed by atoms with Crippen molar-refractivity contribution < 1.29 is 4.74 Å². The number of benzene rings is 1. The Kier molecular flexibility index (Phi) is 5.73. The average Bonchev–Trinajstić information content (AvgIpc) is 2.39. The maximum absolute atomic E-state index is 8.78. The Hall–Kier alpha value is -2.01. The highest BCUT2D eigenvalue weighted by atomic mass is 16.5. The zero-order valence-electron chi connectivity index (χ0n) is 11.2. The van der Waals surface area contributed by atoms with Gasteiger partial charge in [-0.1, -0.05) is 36.8 Å². The number of ether oxygens (including phenoxy) is 1. The standard InChI is InChI=1S/C16H19NO/c1-4-15(11-17)10-7-14(3)18-12-16-8-5-13(2)6-9-16/h5-10H,4,12H2,1-3H3/b14-7+,15-10+. The monoisotopic (exact) mass is 241 g/mol. The topological polar surface area (TPSA) is 33.0 Å². The Morgan fingerprint density at radius 1 is 1.28 bits per heavy atom. The van der Waals surface area contributed by atoms with E-state index in [-0.39, 0.29) is 0 Å². The highest BCUT2D eigenvalue weighted by molar-refractivity contribution is 5.26. The Bertz CT molecular complexity index is 475. The average molecular weight is 241 g/mol. The number of nitriles is 1. The molecule has 0 amide bonds. The summed E-state index contributed by atoms with van der Waals surface area (Å²) in [5.74, 6) is 0.816. The van der Waals surface area contributed by atoms with Gasteiger partial charge in [-0.2, -0.15) is 5.26 Å². The van der Waals surface area contributed by atoms with Gasteiger partial charge < -0.3 is 4.74 Å². The van der Waals surface area contributed by atoms with Crippen molar-refractivity contribution in [2.24, 2.45) is 0 Å². The number of nitrogens with zero attached hydrogens (tertiary/aromatic N) is 1. The minimum atomic E-state index is 0.560. The van der Waals surface area contributed by atoms with Crippen molar-refractivity contribution in [3.8, 4) is 6.07 Å². The molecule has 0 aliphatic heterocycles. The molecule has 0 saturated carbocycles. The third-order valence-electron chi connectivity index (χ3n) is 2.63. The first-order valence-electron chi connectivity index (χ1n) is 6.11. The van der Waals surface area contributed by atoms with E-state index in [9.17, 15) is 0 Å². The van der Waals surface area contributed by atoms with E-state index >= 15 is 0 Å². The quantitative estimate of drug-likeness (QED) is 0.438. The first-order chi connectivity index (χ1) is 8.65. The van der Waals surface area contributed by atoms with Crippen LogP contribution in [-0.2, 0) is 11.3 Å². The molecule has 0 aliphatic carbocycles. The van der Waals surface area contributed by atoms with Crippen LogP contribution in [0.3, 0.4) is 0 Å². The molecule has 0 radical (unpaired) electrons. The second kappa shape index (κ2) is 7.34. The van der Waals surface area contributed by atoms with E-state index in [1.54, 1.807) is 0 Å². The fourth-order valence-corrected chi connectivity index (χ4v) is 1.38. The van der Waals surface area contributed by atoms with Gasteiger partial charge in [0.2, 0.25) is 0 Å². The van der Waals surface area contributed by atoms with Crippen LogP contribution in [-0.4, -0.2) is 0 Å². The molecule has 0 bridgehead atoms. The smallest absolute Gasteiger partial charge is 0.113 e. The maximum atomic E-state index is 8.78. The van der Waals surface area contributed by atoms with Gasteiger partial charge in [-0.05, 0) is 38.0 Å². The van der Waals surface area contributed by atoms with Crippen LogP contribution in [0.2, 0.25) is 0 Å². The predicted molar refractivity (Wildman–Crippen MR) is 73.7 cm³/mol. The van der Waals surface area contributed by atoms with Crippen molar-refractivity contribution >= 4 is 0 Å². The van der Waals surface area contributed by atoms with Gasteiger partial charge >= 0.3 is 0 Å². The molecule has 94 valence electrons. The van der Waals surface area contributed by atoms with Gasteiger partial charge in [0.15, 0.2) is 0 Å². The summed E-state index contributed by atoms with van der Waals surface area (Å²) in [6, 6.07) is 10.4. The van der Waals surface area contributed by atoms with Crippen LogP contribution in [0.1, 0.15) is 31.4 Å². The Morgan fingerprint density at radius 2 is 1.94 bits per heavy atom. The van der Waals surface area contributed by atoms with Gasteiger partial charge in [-0.3, -0.25) is 0 Å². The summed E-state index contributed by atoms with van der Waals surface area (Å²) >= 11 is 0. The first kappa shape index (κ1) is 14.1. The zero-order chi connectivity index (χ0) is 13.4. The maximum Gasteiger partial charge on any atom is 0.113 e. The summed E-state index contributed by atoms with van der Waals surface area (Å²) in [4.78, 5) is 0. The second-order valence-electron chi connectivity index (χ2n) is 4.21. The highest BCUT2D eigenvalue weighted by Gasteiger charge is 1.94. The van der Waals surface area contributed by atoms with Crippen molar-refractivity contribution in [2.75, 3.05) is 0 Å². The van der Waals surface area contributed by atoms with E-state index < -0.39 is 0 Å². The Morgan fingerprint density at radius 3 is 2.50 bits per heavy atom. The van der Waals surface area contributed by atoms with Crippen molar-refractivity contribution in [3.05, 3.63) is 58.9 Å². The second-order valence-corrected chi connectivity index (χ2v) is 4.21. The van der Waals surface area contributed by atoms with Crippen LogP contribution in [0.15, 0.2) is 47.7 Å². The van der Waals surface area contributed by atoms with E-state index in [0.717, 1.165) is 23.3 Å². The van der Waals surface area contributed by atoms with E-state index in [4.69, 9.17) is 10.00 Å². The molecule has 18 heavy (non-hydrogen) atoms. The van der Waals surface area contributed by atoms with Crippen LogP contribution in [0.5, 0.6) is 0 Å². The summed E-state index contributed by atoms with van der Waals surface area (Å²) < 4.78 is 5.61. The Balaban J connectivity index is 2.53. The lowest BCUT2D eigenvalue weighted by Crippen LogP contribution is -1.90. The van der Waals surface area contributed by atoms with Gasteiger partial charge in [0.05, 0.1) is 11.8 Å². The Labute approximate surface area is 109 Å². The molecule has 1 aromatic carbocycles. The van der Waals surface area contributed by atoms with Crippen molar-refractivity contribution in [2.45, 2.75) is 33.8 Å². The van der Waals surface area contributed by atoms with Crippen molar-refractivity contribution in [1.82, 2.24) is 0 Å². The third kappa shape index (κ3) is 4.88. The van der Waals surface area contributed by atoms with E-state index in [1.807, 2.05) is 26.0 Å². The number of hydrogen-bond acceptors (Lipinski definition) is 2. The van der Waals surface area contributed by atoms with Crippen LogP contribution < -0.4 is 0 Å². The molecule has 1 aromatic rings. The number of hydrogen-bond donors (Lipinski definition) is 0. The zero-order valence-corrected chi connectivity index (χ0v) is 11.2.